The van der Waals surface area contributed by atoms with E-state index in [0.717, 1.165) is 57.1 Å². The van der Waals surface area contributed by atoms with Gasteiger partial charge in [-0.05, 0) is 62.7 Å². The van der Waals surface area contributed by atoms with Crippen LogP contribution in [0, 0.1) is 20.8 Å². The Morgan fingerprint density at radius 2 is 1.84 bits per heavy atom. The van der Waals surface area contributed by atoms with E-state index in [9.17, 15) is 0 Å². The molecule has 5 nitrogen and oxygen atoms in total. The molecule has 0 aliphatic carbocycles. The summed E-state index contributed by atoms with van der Waals surface area (Å²) in [5.41, 5.74) is 8.89. The van der Waals surface area contributed by atoms with Gasteiger partial charge in [0.2, 0.25) is 0 Å². The maximum atomic E-state index is 5.38. The van der Waals surface area contributed by atoms with Gasteiger partial charge in [0, 0.05) is 18.5 Å². The highest BCUT2D eigenvalue weighted by atomic mass is 32.1. The fraction of sp³-hybridized carbons (Fsp3) is 0.579. The van der Waals surface area contributed by atoms with Crippen LogP contribution in [-0.4, -0.2) is 50.2 Å². The Labute approximate surface area is 156 Å². The zero-order valence-electron chi connectivity index (χ0n) is 15.9. The minimum absolute atomic E-state index is 0.581. The van der Waals surface area contributed by atoms with Crippen molar-refractivity contribution in [2.24, 2.45) is 5.10 Å². The van der Waals surface area contributed by atoms with Crippen LogP contribution in [0.25, 0.3) is 0 Å². The molecular weight excluding hydrogens is 332 g/mol. The lowest BCUT2D eigenvalue weighted by Crippen LogP contribution is -3.14. The molecule has 0 saturated carbocycles. The van der Waals surface area contributed by atoms with Gasteiger partial charge < -0.3 is 15.0 Å². The predicted molar refractivity (Wildman–Crippen MR) is 108 cm³/mol. The molecule has 3 N–H and O–H groups in total. The lowest BCUT2D eigenvalue weighted by Gasteiger charge is -2.23. The second kappa shape index (κ2) is 9.85. The summed E-state index contributed by atoms with van der Waals surface area (Å²) in [7, 11) is 0. The van der Waals surface area contributed by atoms with Crippen molar-refractivity contribution in [3.8, 4) is 0 Å². The first-order valence-electron chi connectivity index (χ1n) is 9.05. The third kappa shape index (κ3) is 6.38. The number of hydrogen-bond acceptors (Lipinski definition) is 3. The van der Waals surface area contributed by atoms with Crippen molar-refractivity contribution in [1.82, 2.24) is 10.7 Å². The number of rotatable bonds is 6. The average molecular weight is 364 g/mol. The molecule has 0 unspecified atom stereocenters. The molecule has 0 radical (unpaired) electrons. The SMILES string of the molecule is C/C(=N/NC(=S)NCCC[NH+]1CCOCC1)c1cc(C)c(C)cc1C. The van der Waals surface area contributed by atoms with Crippen LogP contribution in [0.2, 0.25) is 0 Å². The van der Waals surface area contributed by atoms with E-state index < -0.39 is 0 Å². The standard InChI is InChI=1S/C19H30N4OS/c1-14-12-16(3)18(13-15(14)2)17(4)21-22-19(25)20-6-5-7-23-8-10-24-11-9-23/h12-13H,5-11H2,1-4H3,(H2,20,22,25)/p+1/b21-17-. The van der Waals surface area contributed by atoms with Crippen molar-refractivity contribution in [3.05, 3.63) is 34.4 Å². The highest BCUT2D eigenvalue weighted by Gasteiger charge is 2.12. The fourth-order valence-electron chi connectivity index (χ4n) is 3.04. The number of hydrazone groups is 1. The second-order valence-corrected chi connectivity index (χ2v) is 7.19. The number of nitrogens with zero attached hydrogens (tertiary/aromatic N) is 1. The van der Waals surface area contributed by atoms with Crippen molar-refractivity contribution >= 4 is 23.0 Å². The summed E-state index contributed by atoms with van der Waals surface area (Å²) in [6.45, 7) is 14.4. The van der Waals surface area contributed by atoms with E-state index in [1.54, 1.807) is 4.90 Å². The molecule has 1 fully saturated rings. The number of ether oxygens (including phenoxy) is 1. The van der Waals surface area contributed by atoms with Crippen LogP contribution in [0.5, 0.6) is 0 Å². The van der Waals surface area contributed by atoms with Crippen LogP contribution in [0.1, 0.15) is 35.6 Å². The molecule has 6 heteroatoms. The Bertz CT molecular complexity index is 624. The molecule has 1 aromatic carbocycles. The largest absolute Gasteiger partial charge is 0.370 e. The Kier molecular flexibility index (Phi) is 7.81. The van der Waals surface area contributed by atoms with Gasteiger partial charge >= 0.3 is 0 Å². The zero-order chi connectivity index (χ0) is 18.2. The van der Waals surface area contributed by atoms with Gasteiger partial charge in [0.05, 0.1) is 25.5 Å². The van der Waals surface area contributed by atoms with Gasteiger partial charge in [-0.25, -0.2) is 0 Å². The van der Waals surface area contributed by atoms with Crippen molar-refractivity contribution in [2.45, 2.75) is 34.1 Å². The first kappa shape index (κ1) is 19.8. The van der Waals surface area contributed by atoms with Crippen molar-refractivity contribution < 1.29 is 9.64 Å². The molecule has 0 bridgehead atoms. The van der Waals surface area contributed by atoms with Crippen molar-refractivity contribution in [2.75, 3.05) is 39.4 Å². The number of quaternary nitrogens is 1. The van der Waals surface area contributed by atoms with Gasteiger partial charge in [-0.1, -0.05) is 6.07 Å². The lowest BCUT2D eigenvalue weighted by atomic mass is 9.98. The molecule has 1 heterocycles. The van der Waals surface area contributed by atoms with E-state index in [1.165, 1.54) is 16.7 Å². The summed E-state index contributed by atoms with van der Waals surface area (Å²) < 4.78 is 5.38. The normalized spacial score (nSPS) is 15.9. The third-order valence-electron chi connectivity index (χ3n) is 4.75. The molecule has 1 aliphatic heterocycles. The lowest BCUT2D eigenvalue weighted by molar-refractivity contribution is -0.908. The van der Waals surface area contributed by atoms with E-state index in [4.69, 9.17) is 17.0 Å². The Hall–Kier alpha value is -1.50. The van der Waals surface area contributed by atoms with E-state index in [-0.39, 0.29) is 0 Å². The molecule has 25 heavy (non-hydrogen) atoms. The molecule has 2 rings (SSSR count). The maximum Gasteiger partial charge on any atom is 0.186 e. The molecule has 0 aromatic heterocycles. The Morgan fingerprint density at radius 1 is 1.16 bits per heavy atom. The maximum absolute atomic E-state index is 5.38. The van der Waals surface area contributed by atoms with E-state index >= 15 is 0 Å². The highest BCUT2D eigenvalue weighted by molar-refractivity contribution is 7.80. The van der Waals surface area contributed by atoms with E-state index in [1.807, 2.05) is 6.92 Å². The molecule has 0 spiro atoms. The third-order valence-corrected chi connectivity index (χ3v) is 4.98. The van der Waals surface area contributed by atoms with Gasteiger partial charge in [0.1, 0.15) is 13.1 Å². The van der Waals surface area contributed by atoms with Crippen molar-refractivity contribution in [1.29, 1.82) is 0 Å². The summed E-state index contributed by atoms with van der Waals surface area (Å²) in [5, 5.41) is 8.25. The van der Waals surface area contributed by atoms with Crippen LogP contribution in [0.3, 0.4) is 0 Å². The van der Waals surface area contributed by atoms with Gasteiger partial charge in [-0.3, -0.25) is 5.43 Å². The van der Waals surface area contributed by atoms with Gasteiger partial charge in [-0.15, -0.1) is 0 Å². The smallest absolute Gasteiger partial charge is 0.186 e. The minimum Gasteiger partial charge on any atom is -0.370 e. The average Bonchev–Trinajstić information content (AvgIpc) is 2.60. The molecule has 1 saturated heterocycles. The number of nitrogens with one attached hydrogen (secondary N) is 3. The zero-order valence-corrected chi connectivity index (χ0v) is 16.7. The Balaban J connectivity index is 1.74. The molecule has 0 amide bonds. The summed E-state index contributed by atoms with van der Waals surface area (Å²) in [6, 6.07) is 4.39. The van der Waals surface area contributed by atoms with Gasteiger partial charge in [0.25, 0.3) is 0 Å². The second-order valence-electron chi connectivity index (χ2n) is 6.78. The number of morpholine rings is 1. The number of aryl methyl sites for hydroxylation is 3. The van der Waals surface area contributed by atoms with Crippen LogP contribution >= 0.6 is 12.2 Å². The quantitative estimate of drug-likeness (QED) is 0.307. The molecule has 138 valence electrons. The monoisotopic (exact) mass is 363 g/mol. The van der Waals surface area contributed by atoms with Crippen LogP contribution in [-0.2, 0) is 4.74 Å². The van der Waals surface area contributed by atoms with E-state index in [2.05, 4.69) is 48.7 Å². The number of hydrogen-bond donors (Lipinski definition) is 3. The summed E-state index contributed by atoms with van der Waals surface area (Å²) in [5.74, 6) is 0. The molecule has 0 atom stereocenters. The first-order valence-corrected chi connectivity index (χ1v) is 9.46. The van der Waals surface area contributed by atoms with Gasteiger partial charge in [-0.2, -0.15) is 5.10 Å². The number of thiocarbonyl (C=S) groups is 1. The summed E-state index contributed by atoms with van der Waals surface area (Å²) in [4.78, 5) is 1.62. The van der Waals surface area contributed by atoms with Crippen LogP contribution in [0.4, 0.5) is 0 Å². The topological polar surface area (TPSA) is 50.1 Å². The molecule has 1 aromatic rings. The predicted octanol–water partition coefficient (Wildman–Crippen LogP) is 1.11. The Morgan fingerprint density at radius 3 is 2.56 bits per heavy atom. The van der Waals surface area contributed by atoms with Crippen molar-refractivity contribution in [3.63, 3.8) is 0 Å². The highest BCUT2D eigenvalue weighted by Crippen LogP contribution is 2.16. The first-order chi connectivity index (χ1) is 12.0. The summed E-state index contributed by atoms with van der Waals surface area (Å²) >= 11 is 5.32. The summed E-state index contributed by atoms with van der Waals surface area (Å²) in [6.07, 6.45) is 1.09. The van der Waals surface area contributed by atoms with E-state index in [0.29, 0.717) is 5.11 Å². The fourth-order valence-corrected chi connectivity index (χ4v) is 3.18. The van der Waals surface area contributed by atoms with Crippen LogP contribution in [0.15, 0.2) is 17.2 Å². The minimum atomic E-state index is 0.581. The molecule has 1 aliphatic rings. The van der Waals surface area contributed by atoms with Gasteiger partial charge in [0.15, 0.2) is 5.11 Å². The van der Waals surface area contributed by atoms with Crippen LogP contribution < -0.4 is 15.6 Å². The molecular formula is C19H31N4OS+. The number of benzene rings is 1.